The summed E-state index contributed by atoms with van der Waals surface area (Å²) in [4.78, 5) is 36.3. The first-order chi connectivity index (χ1) is 20.4. The highest BCUT2D eigenvalue weighted by atomic mass is 16.5. The fourth-order valence-corrected chi connectivity index (χ4v) is 6.06. The van der Waals surface area contributed by atoms with E-state index in [1.807, 2.05) is 90.9 Å². The van der Waals surface area contributed by atoms with Crippen LogP contribution in [0, 0.1) is 6.92 Å². The van der Waals surface area contributed by atoms with Crippen LogP contribution < -0.4 is 14.5 Å². The number of carbonyl (C=O) groups excluding carboxylic acids is 2. The van der Waals surface area contributed by atoms with Gasteiger partial charge in [0.15, 0.2) is 0 Å². The molecule has 0 aliphatic carbocycles. The summed E-state index contributed by atoms with van der Waals surface area (Å²) >= 11 is 0. The van der Waals surface area contributed by atoms with E-state index in [1.54, 1.807) is 12.0 Å². The Labute approximate surface area is 247 Å². The molecule has 2 atom stereocenters. The second-order valence-electron chi connectivity index (χ2n) is 10.9. The van der Waals surface area contributed by atoms with Crippen molar-refractivity contribution in [2.24, 2.45) is 0 Å². The minimum atomic E-state index is -0.171. The van der Waals surface area contributed by atoms with Crippen LogP contribution in [0.25, 0.3) is 11.0 Å². The Morgan fingerprint density at radius 3 is 2.55 bits per heavy atom. The standard InChI is InChI=1S/C34H40N4O4/c1-6-25-12-10-11-23(3)33(25)38(24(4)22-41-5)32(40)21-37-30-14-9-8-13-29(30)35-34(37)26-19-31(39)36(20-26)27-15-17-28(18-16-27)42-7-2/h8-18,24,26H,6-7,19-22H2,1-5H3. The predicted octanol–water partition coefficient (Wildman–Crippen LogP) is 5.89. The average molecular weight is 569 g/mol. The van der Waals surface area contributed by atoms with Crippen LogP contribution in [-0.4, -0.2) is 54.3 Å². The van der Waals surface area contributed by atoms with E-state index in [1.165, 1.54) is 0 Å². The average Bonchev–Trinajstić information content (AvgIpc) is 3.55. The first-order valence-corrected chi connectivity index (χ1v) is 14.7. The lowest BCUT2D eigenvalue weighted by atomic mass is 10.0. The van der Waals surface area contributed by atoms with Crippen LogP contribution in [0.1, 0.15) is 50.1 Å². The highest BCUT2D eigenvalue weighted by Gasteiger charge is 2.36. The summed E-state index contributed by atoms with van der Waals surface area (Å²) in [5.41, 5.74) is 5.64. The van der Waals surface area contributed by atoms with Gasteiger partial charge in [-0.2, -0.15) is 0 Å². The highest BCUT2D eigenvalue weighted by Crippen LogP contribution is 2.35. The molecule has 8 nitrogen and oxygen atoms in total. The molecule has 2 unspecified atom stereocenters. The maximum Gasteiger partial charge on any atom is 0.247 e. The molecule has 4 aromatic rings. The Hall–Kier alpha value is -4.17. The lowest BCUT2D eigenvalue weighted by Gasteiger charge is -2.32. The van der Waals surface area contributed by atoms with Gasteiger partial charge in [-0.15, -0.1) is 0 Å². The van der Waals surface area contributed by atoms with E-state index in [0.29, 0.717) is 26.2 Å². The smallest absolute Gasteiger partial charge is 0.247 e. The van der Waals surface area contributed by atoms with Crippen molar-refractivity contribution in [3.05, 3.63) is 83.7 Å². The summed E-state index contributed by atoms with van der Waals surface area (Å²) in [6, 6.07) is 21.5. The Bertz CT molecular complexity index is 1560. The molecule has 0 spiro atoms. The fourth-order valence-electron chi connectivity index (χ4n) is 6.06. The van der Waals surface area contributed by atoms with E-state index >= 15 is 0 Å². The van der Waals surface area contributed by atoms with Gasteiger partial charge >= 0.3 is 0 Å². The second-order valence-corrected chi connectivity index (χ2v) is 10.9. The van der Waals surface area contributed by atoms with Gasteiger partial charge in [0.05, 0.1) is 36.0 Å². The van der Waals surface area contributed by atoms with Crippen molar-refractivity contribution < 1.29 is 19.1 Å². The normalized spacial score (nSPS) is 15.8. The number of para-hydroxylation sites is 3. The lowest BCUT2D eigenvalue weighted by molar-refractivity contribution is -0.120. The quantitative estimate of drug-likeness (QED) is 0.225. The molecule has 8 heteroatoms. The van der Waals surface area contributed by atoms with Gasteiger partial charge in [0.2, 0.25) is 11.8 Å². The Balaban J connectivity index is 1.50. The summed E-state index contributed by atoms with van der Waals surface area (Å²) < 4.78 is 13.1. The zero-order valence-electron chi connectivity index (χ0n) is 25.2. The molecular weight excluding hydrogens is 528 g/mol. The number of anilines is 2. The third-order valence-electron chi connectivity index (χ3n) is 7.99. The van der Waals surface area contributed by atoms with Crippen LogP contribution in [0.15, 0.2) is 66.7 Å². The van der Waals surface area contributed by atoms with E-state index in [2.05, 4.69) is 13.0 Å². The summed E-state index contributed by atoms with van der Waals surface area (Å²) in [5, 5.41) is 0. The number of hydrogen-bond donors (Lipinski definition) is 0. The van der Waals surface area contributed by atoms with Crippen molar-refractivity contribution in [3.8, 4) is 5.75 Å². The van der Waals surface area contributed by atoms with Crippen molar-refractivity contribution >= 4 is 34.2 Å². The van der Waals surface area contributed by atoms with Crippen LogP contribution in [-0.2, 0) is 27.3 Å². The van der Waals surface area contributed by atoms with Crippen LogP contribution in [0.3, 0.4) is 0 Å². The number of amides is 2. The SMILES string of the molecule is CCOc1ccc(N2CC(c3nc4ccccc4n3CC(=O)N(c3c(C)cccc3CC)C(C)COC)CC2=O)cc1. The van der Waals surface area contributed by atoms with E-state index in [4.69, 9.17) is 14.5 Å². The van der Waals surface area contributed by atoms with Gasteiger partial charge in [0, 0.05) is 31.7 Å². The second kappa shape index (κ2) is 12.8. The molecule has 0 radical (unpaired) electrons. The molecule has 2 amide bonds. The molecule has 2 heterocycles. The van der Waals surface area contributed by atoms with Gasteiger partial charge < -0.3 is 23.8 Å². The number of rotatable bonds is 11. The van der Waals surface area contributed by atoms with Crippen LogP contribution in [0.5, 0.6) is 5.75 Å². The molecular formula is C34H40N4O4. The molecule has 0 N–H and O–H groups in total. The summed E-state index contributed by atoms with van der Waals surface area (Å²) in [7, 11) is 1.66. The highest BCUT2D eigenvalue weighted by molar-refractivity contribution is 5.98. The van der Waals surface area contributed by atoms with Crippen molar-refractivity contribution in [2.75, 3.05) is 36.7 Å². The Morgan fingerprint density at radius 1 is 1.07 bits per heavy atom. The number of methoxy groups -OCH3 is 1. The number of hydrogen-bond acceptors (Lipinski definition) is 5. The van der Waals surface area contributed by atoms with Gasteiger partial charge in [-0.05, 0) is 74.7 Å². The summed E-state index contributed by atoms with van der Waals surface area (Å²) in [6.45, 7) is 9.72. The molecule has 1 saturated heterocycles. The lowest BCUT2D eigenvalue weighted by Crippen LogP contribution is -2.44. The third-order valence-corrected chi connectivity index (χ3v) is 7.99. The van der Waals surface area contributed by atoms with Crippen molar-refractivity contribution in [2.45, 2.75) is 59.0 Å². The van der Waals surface area contributed by atoms with E-state index in [9.17, 15) is 9.59 Å². The van der Waals surface area contributed by atoms with Crippen molar-refractivity contribution in [1.82, 2.24) is 9.55 Å². The van der Waals surface area contributed by atoms with Gasteiger partial charge in [0.1, 0.15) is 18.1 Å². The monoisotopic (exact) mass is 568 g/mol. The van der Waals surface area contributed by atoms with E-state index in [-0.39, 0.29) is 30.3 Å². The van der Waals surface area contributed by atoms with Crippen molar-refractivity contribution in [3.63, 3.8) is 0 Å². The third kappa shape index (κ3) is 5.77. The molecule has 1 aromatic heterocycles. The molecule has 3 aromatic carbocycles. The number of benzene rings is 3. The number of imidazole rings is 1. The van der Waals surface area contributed by atoms with Gasteiger partial charge in [-0.25, -0.2) is 4.98 Å². The van der Waals surface area contributed by atoms with Crippen LogP contribution in [0.2, 0.25) is 0 Å². The number of aryl methyl sites for hydroxylation is 2. The van der Waals surface area contributed by atoms with E-state index < -0.39 is 0 Å². The number of fused-ring (bicyclic) bond motifs is 1. The minimum absolute atomic E-state index is 0.0388. The first-order valence-electron chi connectivity index (χ1n) is 14.7. The number of nitrogens with zero attached hydrogens (tertiary/aromatic N) is 4. The van der Waals surface area contributed by atoms with E-state index in [0.717, 1.165) is 51.5 Å². The molecule has 220 valence electrons. The maximum absolute atomic E-state index is 14.3. The topological polar surface area (TPSA) is 76.9 Å². The molecule has 1 fully saturated rings. The summed E-state index contributed by atoms with van der Waals surface area (Å²) in [5.74, 6) is 1.37. The largest absolute Gasteiger partial charge is 0.494 e. The Kier molecular flexibility index (Phi) is 8.92. The van der Waals surface area contributed by atoms with Crippen molar-refractivity contribution in [1.29, 1.82) is 0 Å². The number of ether oxygens (including phenoxy) is 2. The van der Waals surface area contributed by atoms with Gasteiger partial charge in [-0.3, -0.25) is 9.59 Å². The van der Waals surface area contributed by atoms with Gasteiger partial charge in [-0.1, -0.05) is 37.3 Å². The number of carbonyl (C=O) groups is 2. The zero-order valence-corrected chi connectivity index (χ0v) is 25.2. The van der Waals surface area contributed by atoms with Crippen LogP contribution >= 0.6 is 0 Å². The minimum Gasteiger partial charge on any atom is -0.494 e. The molecule has 0 saturated carbocycles. The molecule has 42 heavy (non-hydrogen) atoms. The maximum atomic E-state index is 14.3. The van der Waals surface area contributed by atoms with Crippen LogP contribution in [0.4, 0.5) is 11.4 Å². The fraction of sp³-hybridized carbons (Fsp3) is 0.382. The number of aromatic nitrogens is 2. The zero-order chi connectivity index (χ0) is 29.8. The molecule has 0 bridgehead atoms. The first kappa shape index (κ1) is 29.3. The molecule has 5 rings (SSSR count). The predicted molar refractivity (Wildman–Crippen MR) is 166 cm³/mol. The molecule has 1 aliphatic heterocycles. The van der Waals surface area contributed by atoms with Gasteiger partial charge in [0.25, 0.3) is 0 Å². The Morgan fingerprint density at radius 2 is 1.83 bits per heavy atom. The summed E-state index contributed by atoms with van der Waals surface area (Å²) in [6.07, 6.45) is 1.14. The molecule has 1 aliphatic rings.